The maximum Gasteiger partial charge on any atom is 0.237 e. The summed E-state index contributed by atoms with van der Waals surface area (Å²) < 4.78 is 5.90. The van der Waals surface area contributed by atoms with Gasteiger partial charge in [-0.25, -0.2) is 0 Å². The van der Waals surface area contributed by atoms with Crippen molar-refractivity contribution in [2.75, 3.05) is 37.0 Å². The fraction of sp³-hybridized carbons (Fsp3) is 0.688. The predicted octanol–water partition coefficient (Wildman–Crippen LogP) is 2.08. The molecule has 2 aliphatic rings. The summed E-state index contributed by atoms with van der Waals surface area (Å²) in [5.41, 5.74) is 0. The first-order valence-electron chi connectivity index (χ1n) is 8.35. The lowest BCUT2D eigenvalue weighted by atomic mass is 9.98. The van der Waals surface area contributed by atoms with Crippen LogP contribution in [0.1, 0.15) is 32.1 Å². The van der Waals surface area contributed by atoms with Crippen LogP contribution in [0.2, 0.25) is 0 Å². The number of alkyl halides is 1. The van der Waals surface area contributed by atoms with Gasteiger partial charge in [-0.05, 0) is 31.7 Å². The molecule has 1 aromatic heterocycles. The quantitative estimate of drug-likeness (QED) is 0.787. The molecule has 1 saturated heterocycles. The van der Waals surface area contributed by atoms with Crippen molar-refractivity contribution >= 4 is 23.3 Å². The van der Waals surface area contributed by atoms with Gasteiger partial charge in [0.05, 0.1) is 0 Å². The van der Waals surface area contributed by atoms with Gasteiger partial charge in [0.25, 0.3) is 0 Å². The van der Waals surface area contributed by atoms with Crippen LogP contribution in [0.3, 0.4) is 0 Å². The van der Waals surface area contributed by atoms with Crippen LogP contribution >= 0.6 is 11.6 Å². The maximum atomic E-state index is 11.6. The zero-order chi connectivity index (χ0) is 16.1. The second-order valence-corrected chi connectivity index (χ2v) is 6.38. The van der Waals surface area contributed by atoms with E-state index >= 15 is 0 Å². The Morgan fingerprint density at radius 2 is 1.87 bits per heavy atom. The minimum atomic E-state index is -0.00590. The standard InChI is InChI=1S/C16H23ClN4O2/c17-12-16(22)21-10-8-20(9-11-21)14-6-7-15(19-18-14)23-13-4-2-1-3-5-13/h6-7,13H,1-5,8-12H2. The highest BCUT2D eigenvalue weighted by atomic mass is 35.5. The molecular formula is C16H23ClN4O2. The SMILES string of the molecule is O=C(CCl)N1CCN(c2ccc(OC3CCCCC3)nn2)CC1. The minimum absolute atomic E-state index is 0.00590. The zero-order valence-electron chi connectivity index (χ0n) is 13.3. The number of piperazine rings is 1. The minimum Gasteiger partial charge on any atom is -0.473 e. The summed E-state index contributed by atoms with van der Waals surface area (Å²) in [6.07, 6.45) is 6.29. The fourth-order valence-corrected chi connectivity index (χ4v) is 3.34. The van der Waals surface area contributed by atoms with E-state index in [1.54, 1.807) is 4.90 Å². The summed E-state index contributed by atoms with van der Waals surface area (Å²) in [4.78, 5) is 15.5. The second kappa shape index (κ2) is 7.81. The summed E-state index contributed by atoms with van der Waals surface area (Å²) in [5.74, 6) is 1.48. The summed E-state index contributed by atoms with van der Waals surface area (Å²) in [5, 5.41) is 8.48. The van der Waals surface area contributed by atoms with E-state index in [1.165, 1.54) is 19.3 Å². The molecule has 126 valence electrons. The van der Waals surface area contributed by atoms with Crippen LogP contribution in [0.4, 0.5) is 5.82 Å². The number of ether oxygens (including phenoxy) is 1. The number of anilines is 1. The molecular weight excluding hydrogens is 316 g/mol. The number of carbonyl (C=O) groups is 1. The third-order valence-electron chi connectivity index (χ3n) is 4.54. The molecule has 0 aromatic carbocycles. The van der Waals surface area contributed by atoms with E-state index in [0.717, 1.165) is 31.7 Å². The van der Waals surface area contributed by atoms with Gasteiger partial charge < -0.3 is 14.5 Å². The Morgan fingerprint density at radius 1 is 1.13 bits per heavy atom. The molecule has 1 aromatic rings. The Labute approximate surface area is 141 Å². The molecule has 2 heterocycles. The van der Waals surface area contributed by atoms with Crippen molar-refractivity contribution in [2.24, 2.45) is 0 Å². The van der Waals surface area contributed by atoms with E-state index in [0.29, 0.717) is 19.0 Å². The summed E-state index contributed by atoms with van der Waals surface area (Å²) in [6, 6.07) is 3.84. The van der Waals surface area contributed by atoms with Crippen LogP contribution < -0.4 is 9.64 Å². The Bertz CT molecular complexity index is 511. The second-order valence-electron chi connectivity index (χ2n) is 6.11. The summed E-state index contributed by atoms with van der Waals surface area (Å²) >= 11 is 5.60. The lowest BCUT2D eigenvalue weighted by Gasteiger charge is -2.34. The van der Waals surface area contributed by atoms with Crippen molar-refractivity contribution in [3.8, 4) is 5.88 Å². The van der Waals surface area contributed by atoms with Crippen LogP contribution in [-0.2, 0) is 4.79 Å². The molecule has 23 heavy (non-hydrogen) atoms. The smallest absolute Gasteiger partial charge is 0.237 e. The van der Waals surface area contributed by atoms with Gasteiger partial charge in [0.2, 0.25) is 11.8 Å². The highest BCUT2D eigenvalue weighted by Crippen LogP contribution is 2.23. The predicted molar refractivity (Wildman–Crippen MR) is 89.0 cm³/mol. The number of amides is 1. The number of halogens is 1. The lowest BCUT2D eigenvalue weighted by molar-refractivity contribution is -0.128. The number of aromatic nitrogens is 2. The van der Waals surface area contributed by atoms with Gasteiger partial charge in [-0.3, -0.25) is 4.79 Å². The third-order valence-corrected chi connectivity index (χ3v) is 4.76. The normalized spacial score (nSPS) is 19.7. The van der Waals surface area contributed by atoms with Crippen molar-refractivity contribution in [3.05, 3.63) is 12.1 Å². The summed E-state index contributed by atoms with van der Waals surface area (Å²) in [6.45, 7) is 2.85. The molecule has 1 saturated carbocycles. The van der Waals surface area contributed by atoms with Crippen molar-refractivity contribution in [1.29, 1.82) is 0 Å². The van der Waals surface area contributed by atoms with Crippen molar-refractivity contribution < 1.29 is 9.53 Å². The molecule has 0 radical (unpaired) electrons. The maximum absolute atomic E-state index is 11.6. The number of rotatable bonds is 4. The number of carbonyl (C=O) groups excluding carboxylic acids is 1. The molecule has 1 amide bonds. The van der Waals surface area contributed by atoms with E-state index < -0.39 is 0 Å². The number of hydrogen-bond acceptors (Lipinski definition) is 5. The van der Waals surface area contributed by atoms with Crippen LogP contribution in [0, 0.1) is 0 Å². The van der Waals surface area contributed by atoms with Gasteiger partial charge in [-0.2, -0.15) is 0 Å². The van der Waals surface area contributed by atoms with Crippen LogP contribution in [0.15, 0.2) is 12.1 Å². The highest BCUT2D eigenvalue weighted by Gasteiger charge is 2.22. The molecule has 0 spiro atoms. The van der Waals surface area contributed by atoms with Gasteiger partial charge in [0, 0.05) is 32.2 Å². The van der Waals surface area contributed by atoms with Gasteiger partial charge in [-0.15, -0.1) is 21.8 Å². The Kier molecular flexibility index (Phi) is 5.54. The molecule has 0 bridgehead atoms. The number of nitrogens with zero attached hydrogens (tertiary/aromatic N) is 4. The third kappa shape index (κ3) is 4.25. The molecule has 0 unspecified atom stereocenters. The molecule has 0 atom stereocenters. The number of hydrogen-bond donors (Lipinski definition) is 0. The Morgan fingerprint density at radius 3 is 2.48 bits per heavy atom. The first kappa shape index (κ1) is 16.3. The molecule has 6 nitrogen and oxygen atoms in total. The fourth-order valence-electron chi connectivity index (χ4n) is 3.17. The average molecular weight is 339 g/mol. The molecule has 0 N–H and O–H groups in total. The molecule has 3 rings (SSSR count). The lowest BCUT2D eigenvalue weighted by Crippen LogP contribution is -2.49. The molecule has 1 aliphatic carbocycles. The first-order chi connectivity index (χ1) is 11.3. The largest absolute Gasteiger partial charge is 0.473 e. The zero-order valence-corrected chi connectivity index (χ0v) is 14.0. The molecule has 7 heteroatoms. The Hall–Kier alpha value is -1.56. The monoisotopic (exact) mass is 338 g/mol. The van der Waals surface area contributed by atoms with Gasteiger partial charge in [0.15, 0.2) is 5.82 Å². The molecule has 1 aliphatic heterocycles. The van der Waals surface area contributed by atoms with E-state index in [2.05, 4.69) is 15.1 Å². The van der Waals surface area contributed by atoms with E-state index in [-0.39, 0.29) is 17.9 Å². The average Bonchev–Trinajstić information content (AvgIpc) is 2.63. The van der Waals surface area contributed by atoms with Crippen molar-refractivity contribution in [1.82, 2.24) is 15.1 Å². The van der Waals surface area contributed by atoms with Gasteiger partial charge in [0.1, 0.15) is 12.0 Å². The molecule has 2 fully saturated rings. The van der Waals surface area contributed by atoms with E-state index in [9.17, 15) is 4.79 Å². The topological polar surface area (TPSA) is 58.6 Å². The van der Waals surface area contributed by atoms with Crippen molar-refractivity contribution in [2.45, 2.75) is 38.2 Å². The van der Waals surface area contributed by atoms with Crippen molar-refractivity contribution in [3.63, 3.8) is 0 Å². The summed E-state index contributed by atoms with van der Waals surface area (Å²) in [7, 11) is 0. The van der Waals surface area contributed by atoms with E-state index in [4.69, 9.17) is 16.3 Å². The van der Waals surface area contributed by atoms with Crippen LogP contribution in [0.5, 0.6) is 5.88 Å². The van der Waals surface area contributed by atoms with Gasteiger partial charge >= 0.3 is 0 Å². The first-order valence-corrected chi connectivity index (χ1v) is 8.89. The van der Waals surface area contributed by atoms with Crippen LogP contribution in [-0.4, -0.2) is 59.2 Å². The highest BCUT2D eigenvalue weighted by molar-refractivity contribution is 6.27. The van der Waals surface area contributed by atoms with Gasteiger partial charge in [-0.1, -0.05) is 6.42 Å². The van der Waals surface area contributed by atoms with E-state index in [1.807, 2.05) is 12.1 Å². The van der Waals surface area contributed by atoms with Crippen LogP contribution in [0.25, 0.3) is 0 Å². The Balaban J connectivity index is 1.52.